The van der Waals surface area contributed by atoms with Crippen molar-refractivity contribution in [3.05, 3.63) is 34.1 Å². The van der Waals surface area contributed by atoms with Gasteiger partial charge in [0, 0.05) is 23.1 Å². The average Bonchev–Trinajstić information content (AvgIpc) is 3.05. The summed E-state index contributed by atoms with van der Waals surface area (Å²) in [5, 5.41) is 8.69. The number of fused-ring (bicyclic) bond motifs is 1. The van der Waals surface area contributed by atoms with Gasteiger partial charge in [-0.05, 0) is 61.3 Å². The van der Waals surface area contributed by atoms with Crippen LogP contribution < -0.4 is 4.90 Å². The molecular formula is C19H23BrN6O. The van der Waals surface area contributed by atoms with Crippen LogP contribution in [-0.4, -0.2) is 43.8 Å². The Hall–Kier alpha value is -2.35. The molecule has 3 aromatic rings. The molecule has 0 amide bonds. The van der Waals surface area contributed by atoms with Crippen molar-refractivity contribution in [2.75, 3.05) is 18.0 Å². The summed E-state index contributed by atoms with van der Waals surface area (Å²) in [6.07, 6.45) is 2.20. The topological polar surface area (TPSA) is 76.8 Å². The van der Waals surface area contributed by atoms with E-state index in [0.29, 0.717) is 22.6 Å². The van der Waals surface area contributed by atoms with Crippen molar-refractivity contribution in [2.24, 2.45) is 0 Å². The Morgan fingerprint density at radius 3 is 2.67 bits per heavy atom. The van der Waals surface area contributed by atoms with Crippen LogP contribution >= 0.6 is 15.9 Å². The zero-order valence-electron chi connectivity index (χ0n) is 16.0. The maximum Gasteiger partial charge on any atom is 0.189 e. The van der Waals surface area contributed by atoms with Gasteiger partial charge in [0.15, 0.2) is 22.8 Å². The number of carbonyl (C=O) groups is 1. The highest BCUT2D eigenvalue weighted by molar-refractivity contribution is 9.10. The van der Waals surface area contributed by atoms with Gasteiger partial charge < -0.3 is 4.90 Å². The molecule has 2 heterocycles. The maximum atomic E-state index is 11.6. The summed E-state index contributed by atoms with van der Waals surface area (Å²) in [7, 11) is 0. The van der Waals surface area contributed by atoms with E-state index in [9.17, 15) is 4.79 Å². The van der Waals surface area contributed by atoms with Crippen molar-refractivity contribution >= 4 is 38.7 Å². The van der Waals surface area contributed by atoms with Gasteiger partial charge in [-0.25, -0.2) is 9.97 Å². The number of nitrogens with zero attached hydrogens (tertiary/aromatic N) is 6. The van der Waals surface area contributed by atoms with E-state index < -0.39 is 0 Å². The van der Waals surface area contributed by atoms with Crippen LogP contribution in [0.4, 0.5) is 5.82 Å². The summed E-state index contributed by atoms with van der Waals surface area (Å²) >= 11 is 3.54. The Morgan fingerprint density at radius 1 is 1.26 bits per heavy atom. The lowest BCUT2D eigenvalue weighted by molar-refractivity contribution is 0.101. The number of benzene rings is 1. The molecule has 1 aromatic carbocycles. The lowest BCUT2D eigenvalue weighted by Gasteiger charge is -2.21. The van der Waals surface area contributed by atoms with E-state index in [1.165, 1.54) is 0 Å². The summed E-state index contributed by atoms with van der Waals surface area (Å²) in [4.78, 5) is 23.0. The van der Waals surface area contributed by atoms with Crippen LogP contribution in [0.2, 0.25) is 0 Å². The first kappa shape index (κ1) is 19.4. The van der Waals surface area contributed by atoms with Crippen LogP contribution in [0.3, 0.4) is 0 Å². The lowest BCUT2D eigenvalue weighted by atomic mass is 10.1. The highest BCUT2D eigenvalue weighted by Gasteiger charge is 2.19. The second kappa shape index (κ2) is 8.12. The number of aryl methyl sites for hydroxylation is 1. The summed E-state index contributed by atoms with van der Waals surface area (Å²) in [5.74, 6) is 1.50. The quantitative estimate of drug-likeness (QED) is 0.524. The molecule has 0 unspecified atom stereocenters. The third kappa shape index (κ3) is 3.85. The molecule has 0 fully saturated rings. The Kier molecular flexibility index (Phi) is 5.84. The average molecular weight is 431 g/mol. The molecule has 27 heavy (non-hydrogen) atoms. The zero-order chi connectivity index (χ0) is 19.6. The Bertz CT molecular complexity index is 984. The molecule has 0 aliphatic rings. The number of carbonyl (C=O) groups excluding carboxylic acids is 1. The molecule has 0 saturated heterocycles. The van der Waals surface area contributed by atoms with Crippen molar-refractivity contribution in [1.82, 2.24) is 25.0 Å². The number of rotatable bonds is 7. The number of ketones is 1. The fraction of sp³-hybridized carbons (Fsp3) is 0.421. The number of Topliss-reactive ketones (excluding diaryl/α,β-unsaturated/α-hetero) is 1. The standard InChI is InChI=1S/C19H23BrN6O/c1-5-7-10-25(6-2)18-17-19(22-13(4)21-18)26(24-23-17)16-9-8-14(12(3)27)11-15(16)20/h8-9,11H,5-7,10H2,1-4H3. The predicted octanol–water partition coefficient (Wildman–Crippen LogP) is 4.11. The Morgan fingerprint density at radius 2 is 2.04 bits per heavy atom. The Balaban J connectivity index is 2.13. The van der Waals surface area contributed by atoms with Crippen LogP contribution in [0.5, 0.6) is 0 Å². The largest absolute Gasteiger partial charge is 0.355 e. The van der Waals surface area contributed by atoms with Crippen molar-refractivity contribution in [2.45, 2.75) is 40.5 Å². The van der Waals surface area contributed by atoms with E-state index in [-0.39, 0.29) is 5.78 Å². The Labute approximate surface area is 166 Å². The van der Waals surface area contributed by atoms with Gasteiger partial charge in [0.25, 0.3) is 0 Å². The van der Waals surface area contributed by atoms with Gasteiger partial charge in [0.1, 0.15) is 5.82 Å². The number of halogens is 1. The molecule has 142 valence electrons. The van der Waals surface area contributed by atoms with Gasteiger partial charge in [-0.15, -0.1) is 5.10 Å². The van der Waals surface area contributed by atoms with Gasteiger partial charge in [-0.3, -0.25) is 4.79 Å². The fourth-order valence-corrected chi connectivity index (χ4v) is 3.50. The number of hydrogen-bond donors (Lipinski definition) is 0. The van der Waals surface area contributed by atoms with Crippen molar-refractivity contribution < 1.29 is 4.79 Å². The second-order valence-corrected chi connectivity index (χ2v) is 7.28. The van der Waals surface area contributed by atoms with E-state index in [4.69, 9.17) is 0 Å². The molecule has 0 spiro atoms. The molecule has 0 atom stereocenters. The summed E-state index contributed by atoms with van der Waals surface area (Å²) in [6, 6.07) is 5.42. The predicted molar refractivity (Wildman–Crippen MR) is 110 cm³/mol. The van der Waals surface area contributed by atoms with Crippen molar-refractivity contribution in [3.8, 4) is 5.69 Å². The molecule has 0 radical (unpaired) electrons. The molecule has 0 aliphatic heterocycles. The number of anilines is 1. The van der Waals surface area contributed by atoms with Gasteiger partial charge in [-0.2, -0.15) is 4.68 Å². The SMILES string of the molecule is CCCCN(CC)c1nc(C)nc2c1nnn2-c1ccc(C(C)=O)cc1Br. The first-order valence-electron chi connectivity index (χ1n) is 9.12. The van der Waals surface area contributed by atoms with Crippen LogP contribution in [0.15, 0.2) is 22.7 Å². The lowest BCUT2D eigenvalue weighted by Crippen LogP contribution is -2.25. The minimum atomic E-state index is 0.0145. The van der Waals surface area contributed by atoms with Crippen LogP contribution in [-0.2, 0) is 0 Å². The highest BCUT2D eigenvalue weighted by atomic mass is 79.9. The normalized spacial score (nSPS) is 11.1. The van der Waals surface area contributed by atoms with Gasteiger partial charge in [-0.1, -0.05) is 18.6 Å². The number of unbranched alkanes of at least 4 members (excludes halogenated alkanes) is 1. The van der Waals surface area contributed by atoms with E-state index in [0.717, 1.165) is 41.9 Å². The first-order chi connectivity index (χ1) is 13.0. The van der Waals surface area contributed by atoms with E-state index in [1.807, 2.05) is 13.0 Å². The van der Waals surface area contributed by atoms with Crippen LogP contribution in [0, 0.1) is 6.92 Å². The molecule has 0 saturated carbocycles. The van der Waals surface area contributed by atoms with Crippen molar-refractivity contribution in [1.29, 1.82) is 0 Å². The molecule has 0 aliphatic carbocycles. The fourth-order valence-electron chi connectivity index (χ4n) is 2.95. The van der Waals surface area contributed by atoms with Crippen LogP contribution in [0.25, 0.3) is 16.9 Å². The molecular weight excluding hydrogens is 408 g/mol. The second-order valence-electron chi connectivity index (χ2n) is 6.42. The third-order valence-corrected chi connectivity index (χ3v) is 5.07. The minimum absolute atomic E-state index is 0.0145. The molecule has 8 heteroatoms. The van der Waals surface area contributed by atoms with E-state index in [2.05, 4.69) is 55.0 Å². The van der Waals surface area contributed by atoms with E-state index >= 15 is 0 Å². The molecule has 0 N–H and O–H groups in total. The summed E-state index contributed by atoms with van der Waals surface area (Å²) < 4.78 is 2.45. The summed E-state index contributed by atoms with van der Waals surface area (Å²) in [5.41, 5.74) is 2.76. The minimum Gasteiger partial charge on any atom is -0.355 e. The van der Waals surface area contributed by atoms with Gasteiger partial charge in [0.2, 0.25) is 0 Å². The van der Waals surface area contributed by atoms with Crippen LogP contribution in [0.1, 0.15) is 49.8 Å². The van der Waals surface area contributed by atoms with Gasteiger partial charge >= 0.3 is 0 Å². The third-order valence-electron chi connectivity index (χ3n) is 4.44. The maximum absolute atomic E-state index is 11.6. The smallest absolute Gasteiger partial charge is 0.189 e. The van der Waals surface area contributed by atoms with Gasteiger partial charge in [0.05, 0.1) is 5.69 Å². The highest BCUT2D eigenvalue weighted by Crippen LogP contribution is 2.28. The molecule has 2 aromatic heterocycles. The molecule has 7 nitrogen and oxygen atoms in total. The zero-order valence-corrected chi connectivity index (χ0v) is 17.6. The van der Waals surface area contributed by atoms with E-state index in [1.54, 1.807) is 23.7 Å². The monoisotopic (exact) mass is 430 g/mol. The van der Waals surface area contributed by atoms with Crippen molar-refractivity contribution in [3.63, 3.8) is 0 Å². The molecule has 3 rings (SSSR count). The number of aromatic nitrogens is 5. The first-order valence-corrected chi connectivity index (χ1v) is 9.91. The number of hydrogen-bond acceptors (Lipinski definition) is 6. The summed E-state index contributed by atoms with van der Waals surface area (Å²) in [6.45, 7) is 9.47. The molecule has 0 bridgehead atoms.